The number of hydrogen-bond acceptors (Lipinski definition) is 5. The van der Waals surface area contributed by atoms with Gasteiger partial charge in [0.2, 0.25) is 0 Å². The smallest absolute Gasteiger partial charge is 0.271 e. The summed E-state index contributed by atoms with van der Waals surface area (Å²) in [6.07, 6.45) is 3.08. The number of nitro benzene ring substituents is 1. The first-order valence-corrected chi connectivity index (χ1v) is 7.08. The van der Waals surface area contributed by atoms with Crippen LogP contribution in [0.4, 0.5) is 11.4 Å². The highest BCUT2D eigenvalue weighted by Crippen LogP contribution is 2.19. The molecule has 2 aromatic heterocycles. The van der Waals surface area contributed by atoms with Gasteiger partial charge in [0.1, 0.15) is 0 Å². The Morgan fingerprint density at radius 1 is 1.25 bits per heavy atom. The zero-order valence-electron chi connectivity index (χ0n) is 12.7. The standard InChI is InChI=1S/C16H13N5O3/c1-11-14(10-18-20(11)15-7-2-3-8-17-15)16(22)19-12-5-4-6-13(9-12)21(23)24/h2-10H,1H3,(H,19,22). The number of rotatable bonds is 4. The van der Waals surface area contributed by atoms with Crippen LogP contribution in [0.15, 0.2) is 54.9 Å². The molecule has 0 atom stereocenters. The summed E-state index contributed by atoms with van der Waals surface area (Å²) < 4.78 is 1.56. The zero-order chi connectivity index (χ0) is 17.1. The lowest BCUT2D eigenvalue weighted by atomic mass is 10.2. The van der Waals surface area contributed by atoms with E-state index in [1.807, 2.05) is 6.07 Å². The third-order valence-electron chi connectivity index (χ3n) is 3.44. The van der Waals surface area contributed by atoms with Crippen molar-refractivity contribution in [3.63, 3.8) is 0 Å². The number of nitrogens with zero attached hydrogens (tertiary/aromatic N) is 4. The van der Waals surface area contributed by atoms with E-state index >= 15 is 0 Å². The van der Waals surface area contributed by atoms with Crippen molar-refractivity contribution in [3.8, 4) is 5.82 Å². The number of nitro groups is 1. The van der Waals surface area contributed by atoms with Crippen molar-refractivity contribution in [1.82, 2.24) is 14.8 Å². The van der Waals surface area contributed by atoms with E-state index in [0.717, 1.165) is 0 Å². The maximum atomic E-state index is 12.4. The number of nitrogens with one attached hydrogen (secondary N) is 1. The van der Waals surface area contributed by atoms with Gasteiger partial charge in [-0.05, 0) is 25.1 Å². The van der Waals surface area contributed by atoms with Crippen LogP contribution in [-0.2, 0) is 0 Å². The van der Waals surface area contributed by atoms with Crippen molar-refractivity contribution >= 4 is 17.3 Å². The first kappa shape index (κ1) is 15.3. The first-order valence-electron chi connectivity index (χ1n) is 7.08. The second kappa shape index (κ2) is 6.29. The van der Waals surface area contributed by atoms with Gasteiger partial charge in [-0.15, -0.1) is 0 Å². The van der Waals surface area contributed by atoms with Crippen molar-refractivity contribution in [2.45, 2.75) is 6.92 Å². The molecule has 0 fully saturated rings. The van der Waals surface area contributed by atoms with Crippen LogP contribution in [-0.4, -0.2) is 25.6 Å². The Morgan fingerprint density at radius 3 is 2.79 bits per heavy atom. The Labute approximate surface area is 136 Å². The molecule has 3 aromatic rings. The van der Waals surface area contributed by atoms with E-state index in [4.69, 9.17) is 0 Å². The summed E-state index contributed by atoms with van der Waals surface area (Å²) in [6.45, 7) is 1.75. The second-order valence-corrected chi connectivity index (χ2v) is 5.00. The zero-order valence-corrected chi connectivity index (χ0v) is 12.7. The van der Waals surface area contributed by atoms with E-state index in [1.54, 1.807) is 36.0 Å². The van der Waals surface area contributed by atoms with E-state index in [9.17, 15) is 14.9 Å². The fraction of sp³-hybridized carbons (Fsp3) is 0.0625. The minimum absolute atomic E-state index is 0.0892. The van der Waals surface area contributed by atoms with E-state index in [-0.39, 0.29) is 5.69 Å². The largest absolute Gasteiger partial charge is 0.322 e. The maximum absolute atomic E-state index is 12.4. The normalized spacial score (nSPS) is 10.4. The van der Waals surface area contributed by atoms with Crippen LogP contribution in [0.25, 0.3) is 5.82 Å². The quantitative estimate of drug-likeness (QED) is 0.587. The molecule has 1 aromatic carbocycles. The Bertz CT molecular complexity index is 905. The summed E-state index contributed by atoms with van der Waals surface area (Å²) >= 11 is 0. The number of aromatic nitrogens is 3. The SMILES string of the molecule is Cc1c(C(=O)Nc2cccc([N+](=O)[O-])c2)cnn1-c1ccccn1. The number of hydrogen-bond donors (Lipinski definition) is 1. The molecule has 0 spiro atoms. The van der Waals surface area contributed by atoms with Crippen LogP contribution in [0.2, 0.25) is 0 Å². The Morgan fingerprint density at radius 2 is 2.08 bits per heavy atom. The van der Waals surface area contributed by atoms with Crippen LogP contribution in [0.1, 0.15) is 16.1 Å². The van der Waals surface area contributed by atoms with E-state index < -0.39 is 10.8 Å². The molecule has 2 heterocycles. The van der Waals surface area contributed by atoms with Gasteiger partial charge in [-0.2, -0.15) is 5.10 Å². The highest BCUT2D eigenvalue weighted by atomic mass is 16.6. The summed E-state index contributed by atoms with van der Waals surface area (Å²) in [5.74, 6) is 0.208. The van der Waals surface area contributed by atoms with Crippen molar-refractivity contribution in [1.29, 1.82) is 0 Å². The molecule has 0 aliphatic rings. The Balaban J connectivity index is 1.85. The van der Waals surface area contributed by atoms with Gasteiger partial charge in [-0.3, -0.25) is 14.9 Å². The molecule has 0 saturated carbocycles. The van der Waals surface area contributed by atoms with Crippen LogP contribution < -0.4 is 5.32 Å². The molecule has 1 N–H and O–H groups in total. The Hall–Kier alpha value is -3.55. The maximum Gasteiger partial charge on any atom is 0.271 e. The molecule has 8 heteroatoms. The second-order valence-electron chi connectivity index (χ2n) is 5.00. The van der Waals surface area contributed by atoms with Gasteiger partial charge in [-0.1, -0.05) is 12.1 Å². The minimum atomic E-state index is -0.514. The molecule has 3 rings (SSSR count). The van der Waals surface area contributed by atoms with Crippen LogP contribution >= 0.6 is 0 Å². The molecule has 0 bridgehead atoms. The minimum Gasteiger partial charge on any atom is -0.322 e. The molecule has 8 nitrogen and oxygen atoms in total. The lowest BCUT2D eigenvalue weighted by Gasteiger charge is -2.06. The third kappa shape index (κ3) is 2.98. The van der Waals surface area contributed by atoms with Crippen LogP contribution in [0.5, 0.6) is 0 Å². The molecule has 120 valence electrons. The summed E-state index contributed by atoms with van der Waals surface area (Å²) in [4.78, 5) is 26.9. The number of amides is 1. The topological polar surface area (TPSA) is 103 Å². The molecule has 0 saturated heterocycles. The van der Waals surface area contributed by atoms with Gasteiger partial charge in [0, 0.05) is 24.0 Å². The summed E-state index contributed by atoms with van der Waals surface area (Å²) in [5, 5.41) is 17.6. The van der Waals surface area contributed by atoms with Crippen molar-refractivity contribution in [2.75, 3.05) is 5.32 Å². The van der Waals surface area contributed by atoms with Gasteiger partial charge in [0.15, 0.2) is 5.82 Å². The van der Waals surface area contributed by atoms with E-state index in [1.165, 1.54) is 24.4 Å². The summed E-state index contributed by atoms with van der Waals surface area (Å²) in [5.41, 5.74) is 1.25. The average Bonchev–Trinajstić information content (AvgIpc) is 2.97. The van der Waals surface area contributed by atoms with Gasteiger partial charge < -0.3 is 5.32 Å². The summed E-state index contributed by atoms with van der Waals surface area (Å²) in [6, 6.07) is 11.2. The van der Waals surface area contributed by atoms with Crippen molar-refractivity contribution in [2.24, 2.45) is 0 Å². The number of benzene rings is 1. The number of pyridine rings is 1. The molecular formula is C16H13N5O3. The van der Waals surface area contributed by atoms with Crippen LogP contribution in [0, 0.1) is 17.0 Å². The molecule has 0 aliphatic heterocycles. The molecule has 1 amide bonds. The third-order valence-corrected chi connectivity index (χ3v) is 3.44. The lowest BCUT2D eigenvalue weighted by molar-refractivity contribution is -0.384. The van der Waals surface area contributed by atoms with Gasteiger partial charge in [-0.25, -0.2) is 9.67 Å². The highest BCUT2D eigenvalue weighted by molar-refractivity contribution is 6.05. The Kier molecular flexibility index (Phi) is 4.02. The fourth-order valence-corrected chi connectivity index (χ4v) is 2.24. The first-order chi connectivity index (χ1) is 11.6. The predicted molar refractivity (Wildman–Crippen MR) is 87.1 cm³/mol. The van der Waals surface area contributed by atoms with Gasteiger partial charge in [0.05, 0.1) is 22.4 Å². The summed E-state index contributed by atoms with van der Waals surface area (Å²) in [7, 11) is 0. The number of non-ortho nitro benzene ring substituents is 1. The van der Waals surface area contributed by atoms with E-state index in [2.05, 4.69) is 15.4 Å². The van der Waals surface area contributed by atoms with Gasteiger partial charge >= 0.3 is 0 Å². The number of anilines is 1. The van der Waals surface area contributed by atoms with Gasteiger partial charge in [0.25, 0.3) is 11.6 Å². The lowest BCUT2D eigenvalue weighted by Crippen LogP contribution is -2.13. The van der Waals surface area contributed by atoms with Crippen LogP contribution in [0.3, 0.4) is 0 Å². The molecular weight excluding hydrogens is 310 g/mol. The fourth-order valence-electron chi connectivity index (χ4n) is 2.24. The molecule has 0 aliphatic carbocycles. The molecule has 24 heavy (non-hydrogen) atoms. The highest BCUT2D eigenvalue weighted by Gasteiger charge is 2.16. The van der Waals surface area contributed by atoms with E-state index in [0.29, 0.717) is 22.8 Å². The number of carbonyl (C=O) groups is 1. The average molecular weight is 323 g/mol. The molecule has 0 radical (unpaired) electrons. The van der Waals surface area contributed by atoms with Crippen molar-refractivity contribution < 1.29 is 9.72 Å². The number of carbonyl (C=O) groups excluding carboxylic acids is 1. The monoisotopic (exact) mass is 323 g/mol. The molecule has 0 unspecified atom stereocenters. The van der Waals surface area contributed by atoms with Crippen molar-refractivity contribution in [3.05, 3.63) is 76.2 Å². The predicted octanol–water partition coefficient (Wildman–Crippen LogP) is 2.74.